The Balaban J connectivity index is 2.33. The molecule has 0 aliphatic carbocycles. The first-order valence-electron chi connectivity index (χ1n) is 8.31. The number of quaternary nitrogens is 1. The highest BCUT2D eigenvalue weighted by Gasteiger charge is 2.36. The molecule has 1 amide bonds. The van der Waals surface area contributed by atoms with E-state index in [9.17, 15) is 9.90 Å². The molecule has 1 heterocycles. The molecule has 0 saturated carbocycles. The van der Waals surface area contributed by atoms with E-state index in [-0.39, 0.29) is 0 Å². The van der Waals surface area contributed by atoms with Gasteiger partial charge in [0.2, 0.25) is 0 Å². The van der Waals surface area contributed by atoms with Crippen LogP contribution in [0.5, 0.6) is 5.75 Å². The Morgan fingerprint density at radius 1 is 1.44 bits per heavy atom. The first-order valence-corrected chi connectivity index (χ1v) is 9.10. The molecule has 1 N–H and O–H groups in total. The van der Waals surface area contributed by atoms with Crippen molar-refractivity contribution in [1.29, 1.82) is 0 Å². The van der Waals surface area contributed by atoms with E-state index in [1.807, 2.05) is 32.0 Å². The lowest BCUT2D eigenvalue weighted by Crippen LogP contribution is -2.41. The van der Waals surface area contributed by atoms with Gasteiger partial charge in [-0.25, -0.2) is 0 Å². The van der Waals surface area contributed by atoms with E-state index in [2.05, 4.69) is 40.2 Å². The zero-order valence-electron chi connectivity index (χ0n) is 15.0. The van der Waals surface area contributed by atoms with Crippen LogP contribution in [0, 0.1) is 5.92 Å². The van der Waals surface area contributed by atoms with Gasteiger partial charge in [-0.3, -0.25) is 0 Å². The molecule has 136 valence electrons. The van der Waals surface area contributed by atoms with E-state index in [1.54, 1.807) is 6.08 Å². The van der Waals surface area contributed by atoms with Gasteiger partial charge in [-0.2, -0.15) is 4.59 Å². The smallest absolute Gasteiger partial charge is 0.193 e. The third-order valence-electron chi connectivity index (χ3n) is 4.08. The van der Waals surface area contributed by atoms with Gasteiger partial charge in [0, 0.05) is 17.5 Å². The number of carbonyl (C=O) groups is 1. The van der Waals surface area contributed by atoms with Crippen molar-refractivity contribution < 1.29 is 19.2 Å². The normalized spacial score (nSPS) is 19.6. The number of amides is 1. The van der Waals surface area contributed by atoms with Gasteiger partial charge in [-0.1, -0.05) is 34.9 Å². The van der Waals surface area contributed by atoms with Crippen LogP contribution in [-0.4, -0.2) is 29.7 Å². The predicted octanol–water partition coefficient (Wildman–Crippen LogP) is 2.98. The highest BCUT2D eigenvalue weighted by atomic mass is 79.9. The number of rotatable bonds is 6. The van der Waals surface area contributed by atoms with Crippen molar-refractivity contribution in [2.45, 2.75) is 34.2 Å². The Hall–Kier alpha value is -1.86. The van der Waals surface area contributed by atoms with E-state index < -0.39 is 6.09 Å². The Morgan fingerprint density at radius 3 is 2.76 bits per heavy atom. The van der Waals surface area contributed by atoms with Crippen molar-refractivity contribution in [3.05, 3.63) is 40.0 Å². The minimum atomic E-state index is -1.36. The van der Waals surface area contributed by atoms with Crippen LogP contribution in [0.25, 0.3) is 0 Å². The van der Waals surface area contributed by atoms with Crippen LogP contribution in [0.1, 0.15) is 33.3 Å². The van der Waals surface area contributed by atoms with Gasteiger partial charge in [-0.05, 0) is 31.0 Å². The summed E-state index contributed by atoms with van der Waals surface area (Å²) in [6, 6.07) is 5.93. The summed E-state index contributed by atoms with van der Waals surface area (Å²) in [6.07, 6.45) is 0.383. The van der Waals surface area contributed by atoms with Crippen LogP contribution in [0.2, 0.25) is 0 Å². The average molecular weight is 410 g/mol. The summed E-state index contributed by atoms with van der Waals surface area (Å²) < 4.78 is 7.22. The molecule has 7 heteroatoms. The SMILES string of the molecule is CC[N+]1(Cc2cc(Br)ccc2OCC(C)C)N=C(NC(=O)[O-])C=C1C. The molecule has 1 aromatic carbocycles. The largest absolute Gasteiger partial charge is 0.530 e. The number of carbonyl (C=O) groups excluding carboxylic acids is 1. The van der Waals surface area contributed by atoms with E-state index >= 15 is 0 Å². The van der Waals surface area contributed by atoms with Crippen molar-refractivity contribution in [2.24, 2.45) is 11.0 Å². The molecule has 6 nitrogen and oxygen atoms in total. The Labute approximate surface area is 156 Å². The molecule has 1 atom stereocenters. The van der Waals surface area contributed by atoms with Gasteiger partial charge in [0.05, 0.1) is 12.2 Å². The van der Waals surface area contributed by atoms with Gasteiger partial charge >= 0.3 is 0 Å². The Morgan fingerprint density at radius 2 is 2.16 bits per heavy atom. The lowest BCUT2D eigenvalue weighted by atomic mass is 10.1. The number of carboxylic acid groups (broad SMARTS) is 1. The first kappa shape index (κ1) is 19.5. The summed E-state index contributed by atoms with van der Waals surface area (Å²) in [6.45, 7) is 10.1. The number of allylic oxidation sites excluding steroid dienone is 1. The molecule has 0 spiro atoms. The van der Waals surface area contributed by atoms with Crippen molar-refractivity contribution in [3.63, 3.8) is 0 Å². The Bertz CT molecular complexity index is 716. The number of hydrogen-bond donors (Lipinski definition) is 1. The van der Waals surface area contributed by atoms with Gasteiger partial charge in [0.15, 0.2) is 5.84 Å². The molecule has 1 aromatic rings. The number of benzene rings is 1. The molecule has 1 unspecified atom stereocenters. The highest BCUT2D eigenvalue weighted by molar-refractivity contribution is 9.10. The Kier molecular flexibility index (Phi) is 6.24. The number of nitrogens with zero attached hydrogens (tertiary/aromatic N) is 2. The topological polar surface area (TPSA) is 73.8 Å². The van der Waals surface area contributed by atoms with Crippen molar-refractivity contribution in [2.75, 3.05) is 13.2 Å². The van der Waals surface area contributed by atoms with Crippen LogP contribution < -0.4 is 15.2 Å². The number of ether oxygens (including phenoxy) is 1. The quantitative estimate of drug-likeness (QED) is 0.733. The van der Waals surface area contributed by atoms with Crippen molar-refractivity contribution >= 4 is 27.9 Å². The first-order chi connectivity index (χ1) is 11.8. The van der Waals surface area contributed by atoms with Crippen molar-refractivity contribution in [1.82, 2.24) is 5.32 Å². The van der Waals surface area contributed by atoms with Crippen LogP contribution in [0.4, 0.5) is 4.79 Å². The number of halogens is 1. The third-order valence-corrected chi connectivity index (χ3v) is 4.57. The van der Waals surface area contributed by atoms with Gasteiger partial charge in [-0.15, -0.1) is 0 Å². The maximum atomic E-state index is 10.8. The summed E-state index contributed by atoms with van der Waals surface area (Å²) >= 11 is 3.51. The van der Waals surface area contributed by atoms with Crippen LogP contribution >= 0.6 is 15.9 Å². The molecule has 0 aromatic heterocycles. The number of amidine groups is 1. The summed E-state index contributed by atoms with van der Waals surface area (Å²) in [5, 5.41) is 17.6. The molecular weight excluding hydrogens is 386 g/mol. The standard InChI is InChI=1S/C18H24BrN3O3/c1-5-22(13(4)8-17(21-22)20-18(23)24)10-14-9-15(19)6-7-16(14)25-11-12(2)3/h6-9,12H,5,10-11H2,1-4H3,(H-,20,21,23,24). The zero-order valence-corrected chi connectivity index (χ0v) is 16.6. The third kappa shape index (κ3) is 4.83. The fourth-order valence-corrected chi connectivity index (χ4v) is 3.15. The molecule has 25 heavy (non-hydrogen) atoms. The maximum absolute atomic E-state index is 10.8. The zero-order chi connectivity index (χ0) is 18.6. The molecule has 1 aliphatic heterocycles. The molecular formula is C18H24BrN3O3. The minimum Gasteiger partial charge on any atom is -0.530 e. The van der Waals surface area contributed by atoms with Crippen LogP contribution in [0.15, 0.2) is 39.5 Å². The lowest BCUT2D eigenvalue weighted by Gasteiger charge is -2.29. The maximum Gasteiger partial charge on any atom is 0.193 e. The summed E-state index contributed by atoms with van der Waals surface area (Å²) in [5.74, 6) is 1.56. The molecule has 0 saturated heterocycles. The predicted molar refractivity (Wildman–Crippen MR) is 98.7 cm³/mol. The second-order valence-corrected chi connectivity index (χ2v) is 7.45. The second kappa shape index (κ2) is 8.01. The lowest BCUT2D eigenvalue weighted by molar-refractivity contribution is -0.907. The fourth-order valence-electron chi connectivity index (χ4n) is 2.74. The number of hydrogen-bond acceptors (Lipinski definition) is 4. The summed E-state index contributed by atoms with van der Waals surface area (Å²) in [5.41, 5.74) is 1.98. The van der Waals surface area contributed by atoms with E-state index in [0.717, 1.165) is 21.5 Å². The van der Waals surface area contributed by atoms with Gasteiger partial charge in [0.1, 0.15) is 30.6 Å². The van der Waals surface area contributed by atoms with Crippen LogP contribution in [-0.2, 0) is 6.54 Å². The van der Waals surface area contributed by atoms with Gasteiger partial charge in [0.25, 0.3) is 0 Å². The molecule has 0 fully saturated rings. The average Bonchev–Trinajstić information content (AvgIpc) is 2.81. The summed E-state index contributed by atoms with van der Waals surface area (Å²) in [4.78, 5) is 10.8. The fraction of sp³-hybridized carbons (Fsp3) is 0.444. The second-order valence-electron chi connectivity index (χ2n) is 6.54. The molecule has 2 rings (SSSR count). The van der Waals surface area contributed by atoms with Crippen molar-refractivity contribution in [3.8, 4) is 5.75 Å². The minimum absolute atomic E-state index is 0.296. The summed E-state index contributed by atoms with van der Waals surface area (Å²) in [7, 11) is 0. The van der Waals surface area contributed by atoms with Gasteiger partial charge < -0.3 is 20.0 Å². The monoisotopic (exact) mass is 409 g/mol. The molecule has 1 aliphatic rings. The van der Waals surface area contributed by atoms with E-state index in [1.165, 1.54) is 0 Å². The van der Waals surface area contributed by atoms with E-state index in [4.69, 9.17) is 4.74 Å². The highest BCUT2D eigenvalue weighted by Crippen LogP contribution is 2.32. The van der Waals surface area contributed by atoms with E-state index in [0.29, 0.717) is 36.0 Å². The molecule has 0 radical (unpaired) electrons. The molecule has 0 bridgehead atoms. The van der Waals surface area contributed by atoms with Crippen LogP contribution in [0.3, 0.4) is 0 Å². The number of nitrogens with one attached hydrogen (secondary N) is 1.